The summed E-state index contributed by atoms with van der Waals surface area (Å²) in [5.41, 5.74) is 3.46. The zero-order valence-electron chi connectivity index (χ0n) is 23.4. The van der Waals surface area contributed by atoms with E-state index in [4.69, 9.17) is 4.74 Å². The summed E-state index contributed by atoms with van der Waals surface area (Å²) >= 11 is 0. The van der Waals surface area contributed by atoms with Gasteiger partial charge >= 0.3 is 6.09 Å². The number of hydrogen-bond donors (Lipinski definition) is 1. The van der Waals surface area contributed by atoms with Crippen LogP contribution in [0.3, 0.4) is 0 Å². The minimum absolute atomic E-state index is 0.193. The van der Waals surface area contributed by atoms with E-state index < -0.39 is 6.09 Å². The number of anilines is 2. The van der Waals surface area contributed by atoms with Crippen LogP contribution in [0, 0.1) is 6.92 Å². The first-order valence-electron chi connectivity index (χ1n) is 14.2. The van der Waals surface area contributed by atoms with Gasteiger partial charge in [-0.3, -0.25) is 9.69 Å². The second kappa shape index (κ2) is 12.9. The van der Waals surface area contributed by atoms with Crippen molar-refractivity contribution in [3.8, 4) is 5.88 Å². The zero-order valence-corrected chi connectivity index (χ0v) is 23.4. The van der Waals surface area contributed by atoms with E-state index in [-0.39, 0.29) is 11.8 Å². The number of nitrogens with one attached hydrogen (secondary N) is 1. The highest BCUT2D eigenvalue weighted by Gasteiger charge is 2.24. The zero-order chi connectivity index (χ0) is 27.9. The van der Waals surface area contributed by atoms with Gasteiger partial charge in [0.05, 0.1) is 11.9 Å². The van der Waals surface area contributed by atoms with Gasteiger partial charge in [0.15, 0.2) is 0 Å². The van der Waals surface area contributed by atoms with Crippen LogP contribution in [0.5, 0.6) is 5.88 Å². The quantitative estimate of drug-likeness (QED) is 0.443. The predicted molar refractivity (Wildman–Crippen MR) is 156 cm³/mol. The fourth-order valence-electron chi connectivity index (χ4n) is 5.36. The number of hydrogen-bond acceptors (Lipinski definition) is 7. The molecule has 4 heterocycles. The van der Waals surface area contributed by atoms with E-state index in [1.807, 2.05) is 49.5 Å². The maximum Gasteiger partial charge on any atom is 0.416 e. The van der Waals surface area contributed by atoms with Gasteiger partial charge in [-0.05, 0) is 68.1 Å². The second-order valence-electron chi connectivity index (χ2n) is 10.6. The number of piperidine rings is 1. The van der Waals surface area contributed by atoms with E-state index in [0.717, 1.165) is 24.5 Å². The number of rotatable bonds is 7. The molecular formula is C31H38N6O3. The molecule has 2 aliphatic heterocycles. The lowest BCUT2D eigenvalue weighted by Gasteiger charge is -2.35. The summed E-state index contributed by atoms with van der Waals surface area (Å²) in [6.45, 7) is 8.77. The molecule has 0 spiro atoms. The molecule has 9 heteroatoms. The number of carbonyl (C=O) groups is 2. The average Bonchev–Trinajstić information content (AvgIpc) is 2.99. The molecule has 2 amide bonds. The van der Waals surface area contributed by atoms with E-state index >= 15 is 0 Å². The third-order valence-electron chi connectivity index (χ3n) is 7.77. The molecule has 2 fully saturated rings. The number of likely N-dealkylation sites (tertiary alicyclic amines) is 1. The molecule has 3 aromatic rings. The Labute approximate surface area is 236 Å². The first-order valence-corrected chi connectivity index (χ1v) is 14.2. The number of aromatic nitrogens is 2. The Hall–Kier alpha value is -3.98. The van der Waals surface area contributed by atoms with Crippen molar-refractivity contribution in [2.24, 2.45) is 0 Å². The molecule has 1 N–H and O–H groups in total. The van der Waals surface area contributed by atoms with Crippen LogP contribution in [-0.2, 0) is 6.54 Å². The van der Waals surface area contributed by atoms with Crippen molar-refractivity contribution in [3.63, 3.8) is 0 Å². The SMILES string of the molecule is CCC1CCCCN1Cc1ccc(C(=O)Nc2ccc(OC(=O)N3CCN(c4ccc(C)cn4)CC3)nc2)cc1. The summed E-state index contributed by atoms with van der Waals surface area (Å²) in [5.74, 6) is 0.901. The van der Waals surface area contributed by atoms with Crippen LogP contribution in [0.25, 0.3) is 0 Å². The first-order chi connectivity index (χ1) is 19.5. The number of piperazine rings is 1. The molecule has 2 aliphatic rings. The third kappa shape index (κ3) is 6.96. The molecule has 0 radical (unpaired) electrons. The largest absolute Gasteiger partial charge is 0.416 e. The Morgan fingerprint density at radius 1 is 0.925 bits per heavy atom. The Morgan fingerprint density at radius 2 is 1.73 bits per heavy atom. The molecular weight excluding hydrogens is 504 g/mol. The second-order valence-corrected chi connectivity index (χ2v) is 10.6. The number of nitrogens with zero attached hydrogens (tertiary/aromatic N) is 5. The lowest BCUT2D eigenvalue weighted by atomic mass is 9.99. The molecule has 2 saturated heterocycles. The number of amides is 2. The van der Waals surface area contributed by atoms with Crippen molar-refractivity contribution in [2.45, 2.75) is 52.1 Å². The molecule has 2 aromatic heterocycles. The number of ether oxygens (including phenoxy) is 1. The van der Waals surface area contributed by atoms with Gasteiger partial charge in [-0.2, -0.15) is 0 Å². The summed E-state index contributed by atoms with van der Waals surface area (Å²) in [6, 6.07) is 15.8. The summed E-state index contributed by atoms with van der Waals surface area (Å²) < 4.78 is 5.47. The monoisotopic (exact) mass is 542 g/mol. The molecule has 0 saturated carbocycles. The van der Waals surface area contributed by atoms with Crippen LogP contribution >= 0.6 is 0 Å². The minimum Gasteiger partial charge on any atom is -0.391 e. The smallest absolute Gasteiger partial charge is 0.391 e. The molecule has 0 bridgehead atoms. The van der Waals surface area contributed by atoms with Crippen molar-refractivity contribution in [3.05, 3.63) is 77.6 Å². The molecule has 40 heavy (non-hydrogen) atoms. The fourth-order valence-corrected chi connectivity index (χ4v) is 5.36. The predicted octanol–water partition coefficient (Wildman–Crippen LogP) is 5.12. The van der Waals surface area contributed by atoms with Crippen molar-refractivity contribution < 1.29 is 14.3 Å². The average molecular weight is 543 g/mol. The summed E-state index contributed by atoms with van der Waals surface area (Å²) in [5, 5.41) is 2.87. The van der Waals surface area contributed by atoms with Gasteiger partial charge in [0.25, 0.3) is 5.91 Å². The minimum atomic E-state index is -0.435. The summed E-state index contributed by atoms with van der Waals surface area (Å²) in [6.07, 6.45) is 7.93. The molecule has 1 aromatic carbocycles. The number of carbonyl (C=O) groups excluding carboxylic acids is 2. The number of pyridine rings is 2. The molecule has 9 nitrogen and oxygen atoms in total. The van der Waals surface area contributed by atoms with Crippen LogP contribution in [-0.4, -0.2) is 70.5 Å². The fraction of sp³-hybridized carbons (Fsp3) is 0.419. The number of aryl methyl sites for hydroxylation is 1. The van der Waals surface area contributed by atoms with Crippen molar-refractivity contribution in [1.29, 1.82) is 0 Å². The summed E-state index contributed by atoms with van der Waals surface area (Å²) in [4.78, 5) is 40.5. The topological polar surface area (TPSA) is 90.9 Å². The van der Waals surface area contributed by atoms with Crippen molar-refractivity contribution >= 4 is 23.5 Å². The van der Waals surface area contributed by atoms with Crippen LogP contribution < -0.4 is 15.0 Å². The van der Waals surface area contributed by atoms with Gasteiger partial charge in [-0.25, -0.2) is 14.8 Å². The van der Waals surface area contributed by atoms with E-state index in [9.17, 15) is 9.59 Å². The Morgan fingerprint density at radius 3 is 2.40 bits per heavy atom. The van der Waals surface area contributed by atoms with Crippen LogP contribution in [0.15, 0.2) is 60.9 Å². The van der Waals surface area contributed by atoms with Crippen molar-refractivity contribution in [2.75, 3.05) is 42.9 Å². The van der Waals surface area contributed by atoms with E-state index in [1.54, 1.807) is 17.0 Å². The maximum atomic E-state index is 12.8. The summed E-state index contributed by atoms with van der Waals surface area (Å²) in [7, 11) is 0. The van der Waals surface area contributed by atoms with Crippen LogP contribution in [0.1, 0.15) is 54.1 Å². The van der Waals surface area contributed by atoms with E-state index in [1.165, 1.54) is 37.4 Å². The normalized spacial score (nSPS) is 17.9. The lowest BCUT2D eigenvalue weighted by molar-refractivity contribution is 0.102. The van der Waals surface area contributed by atoms with Gasteiger partial charge in [0, 0.05) is 56.6 Å². The Bertz CT molecular complexity index is 1270. The van der Waals surface area contributed by atoms with Gasteiger partial charge in [-0.1, -0.05) is 31.5 Å². The standard InChI is InChI=1S/C31H38N6O3/c1-3-27-6-4-5-15-37(27)22-24-8-10-25(11-9-24)30(38)34-26-12-14-29(33-21-26)40-31(39)36-18-16-35(17-19-36)28-13-7-23(2)20-32-28/h7-14,20-21,27H,3-6,15-19,22H2,1-2H3,(H,34,38). The highest BCUT2D eigenvalue weighted by Crippen LogP contribution is 2.22. The lowest BCUT2D eigenvalue weighted by Crippen LogP contribution is -2.49. The molecule has 210 valence electrons. The van der Waals surface area contributed by atoms with Gasteiger partial charge in [0.2, 0.25) is 5.88 Å². The Kier molecular flexibility index (Phi) is 8.91. The van der Waals surface area contributed by atoms with Crippen LogP contribution in [0.4, 0.5) is 16.3 Å². The highest BCUT2D eigenvalue weighted by molar-refractivity contribution is 6.04. The van der Waals surface area contributed by atoms with Gasteiger partial charge in [-0.15, -0.1) is 0 Å². The molecule has 1 unspecified atom stereocenters. The molecule has 5 rings (SSSR count). The van der Waals surface area contributed by atoms with E-state index in [0.29, 0.717) is 43.5 Å². The van der Waals surface area contributed by atoms with Crippen molar-refractivity contribution in [1.82, 2.24) is 19.8 Å². The van der Waals surface area contributed by atoms with E-state index in [2.05, 4.69) is 32.0 Å². The molecule has 1 atom stereocenters. The third-order valence-corrected chi connectivity index (χ3v) is 7.77. The highest BCUT2D eigenvalue weighted by atomic mass is 16.6. The number of benzene rings is 1. The maximum absolute atomic E-state index is 12.8. The molecule has 0 aliphatic carbocycles. The first kappa shape index (κ1) is 27.6. The van der Waals surface area contributed by atoms with Gasteiger partial charge < -0.3 is 19.9 Å². The Balaban J connectivity index is 1.08. The van der Waals surface area contributed by atoms with Gasteiger partial charge in [0.1, 0.15) is 5.82 Å². The van der Waals surface area contributed by atoms with Crippen LogP contribution in [0.2, 0.25) is 0 Å².